The molecule has 3 N–H and O–H groups in total. The molecule has 150 valence electrons. The minimum Gasteiger partial charge on any atom is -0.480 e. The maximum atomic E-state index is 12.6. The Morgan fingerprint density at radius 1 is 1.04 bits per heavy atom. The summed E-state index contributed by atoms with van der Waals surface area (Å²) < 4.78 is 0. The second-order valence-corrected chi connectivity index (χ2v) is 7.43. The fourth-order valence-electron chi connectivity index (χ4n) is 3.35. The molecule has 0 bridgehead atoms. The first-order chi connectivity index (χ1) is 13.4. The van der Waals surface area contributed by atoms with Crippen molar-refractivity contribution < 1.29 is 24.3 Å². The van der Waals surface area contributed by atoms with Crippen LogP contribution in [0.1, 0.15) is 31.2 Å². The predicted octanol–water partition coefficient (Wildman–Crippen LogP) is 1.02. The Morgan fingerprint density at radius 3 is 2.39 bits per heavy atom. The molecule has 1 saturated carbocycles. The molecule has 1 heterocycles. The molecule has 1 saturated heterocycles. The van der Waals surface area contributed by atoms with Gasteiger partial charge in [0.2, 0.25) is 17.7 Å². The number of nitrogens with zero attached hydrogens (tertiary/aromatic N) is 1. The molecule has 1 aliphatic heterocycles. The van der Waals surface area contributed by atoms with Crippen LogP contribution in [-0.4, -0.2) is 53.3 Å². The highest BCUT2D eigenvalue weighted by Gasteiger charge is 2.36. The summed E-state index contributed by atoms with van der Waals surface area (Å²) in [6.07, 6.45) is 3.60. The van der Waals surface area contributed by atoms with Crippen molar-refractivity contribution in [3.05, 3.63) is 29.8 Å². The number of nitrogens with one attached hydrogen (secondary N) is 2. The van der Waals surface area contributed by atoms with Gasteiger partial charge in [-0.2, -0.15) is 0 Å². The van der Waals surface area contributed by atoms with Gasteiger partial charge in [0.1, 0.15) is 6.54 Å². The predicted molar refractivity (Wildman–Crippen MR) is 101 cm³/mol. The van der Waals surface area contributed by atoms with E-state index in [-0.39, 0.29) is 36.0 Å². The molecule has 1 unspecified atom stereocenters. The maximum Gasteiger partial charge on any atom is 0.322 e. The first kappa shape index (κ1) is 19.9. The Kier molecular flexibility index (Phi) is 6.28. The van der Waals surface area contributed by atoms with Gasteiger partial charge in [-0.25, -0.2) is 0 Å². The molecule has 1 atom stereocenters. The average molecular weight is 387 g/mol. The van der Waals surface area contributed by atoms with E-state index < -0.39 is 12.5 Å². The van der Waals surface area contributed by atoms with Crippen LogP contribution in [0.5, 0.6) is 0 Å². The normalized spacial score (nSPS) is 19.0. The van der Waals surface area contributed by atoms with Crippen LogP contribution in [-0.2, 0) is 25.6 Å². The van der Waals surface area contributed by atoms with Crippen LogP contribution in [0.3, 0.4) is 0 Å². The van der Waals surface area contributed by atoms with Gasteiger partial charge in [-0.3, -0.25) is 19.2 Å². The van der Waals surface area contributed by atoms with Crippen molar-refractivity contribution in [3.63, 3.8) is 0 Å². The zero-order valence-corrected chi connectivity index (χ0v) is 15.6. The minimum atomic E-state index is -1.09. The van der Waals surface area contributed by atoms with Gasteiger partial charge in [-0.15, -0.1) is 0 Å². The second kappa shape index (κ2) is 8.86. The third-order valence-electron chi connectivity index (χ3n) is 5.05. The zero-order chi connectivity index (χ0) is 20.1. The number of carbonyl (C=O) groups excluding carboxylic acids is 3. The SMILES string of the molecule is O=C(O)CNC(=O)Cc1ccc(NC(=O)C2CCCN(C(=O)C3CC3)C2)cc1. The highest BCUT2D eigenvalue weighted by Crippen LogP contribution is 2.32. The fraction of sp³-hybridized carbons (Fsp3) is 0.500. The highest BCUT2D eigenvalue weighted by atomic mass is 16.4. The Balaban J connectivity index is 1.49. The third kappa shape index (κ3) is 5.55. The number of rotatable bonds is 7. The van der Waals surface area contributed by atoms with Crippen molar-refractivity contribution in [2.24, 2.45) is 11.8 Å². The van der Waals surface area contributed by atoms with Crippen LogP contribution in [0.15, 0.2) is 24.3 Å². The molecule has 8 nitrogen and oxygen atoms in total. The molecular formula is C20H25N3O5. The number of likely N-dealkylation sites (tertiary alicyclic amines) is 1. The molecule has 0 spiro atoms. The summed E-state index contributed by atoms with van der Waals surface area (Å²) >= 11 is 0. The van der Waals surface area contributed by atoms with Crippen molar-refractivity contribution >= 4 is 29.4 Å². The Labute approximate surface area is 163 Å². The molecule has 28 heavy (non-hydrogen) atoms. The lowest BCUT2D eigenvalue weighted by molar-refractivity contribution is -0.138. The summed E-state index contributed by atoms with van der Waals surface area (Å²) in [6.45, 7) is 0.801. The topological polar surface area (TPSA) is 116 Å². The van der Waals surface area contributed by atoms with E-state index in [1.165, 1.54) is 0 Å². The van der Waals surface area contributed by atoms with Crippen LogP contribution in [0.25, 0.3) is 0 Å². The van der Waals surface area contributed by atoms with Crippen molar-refractivity contribution in [2.75, 3.05) is 25.0 Å². The first-order valence-electron chi connectivity index (χ1n) is 9.59. The van der Waals surface area contributed by atoms with Crippen molar-refractivity contribution in [1.29, 1.82) is 0 Å². The molecule has 3 amide bonds. The second-order valence-electron chi connectivity index (χ2n) is 7.43. The fourth-order valence-corrected chi connectivity index (χ4v) is 3.35. The largest absolute Gasteiger partial charge is 0.480 e. The number of anilines is 1. The zero-order valence-electron chi connectivity index (χ0n) is 15.6. The molecule has 1 aromatic carbocycles. The number of carbonyl (C=O) groups is 4. The number of hydrogen-bond acceptors (Lipinski definition) is 4. The molecule has 0 aromatic heterocycles. The number of benzene rings is 1. The van der Waals surface area contributed by atoms with Crippen LogP contribution in [0.4, 0.5) is 5.69 Å². The Morgan fingerprint density at radius 2 is 1.75 bits per heavy atom. The van der Waals surface area contributed by atoms with E-state index in [0.717, 1.165) is 37.8 Å². The standard InChI is InChI=1S/C20H25N3O5/c24-17(21-11-18(25)26)10-13-3-7-16(8-4-13)22-19(27)15-2-1-9-23(12-15)20(28)14-5-6-14/h3-4,7-8,14-15H,1-2,5-6,9-12H2,(H,21,24)(H,22,27)(H,25,26). The van der Waals surface area contributed by atoms with Crippen molar-refractivity contribution in [3.8, 4) is 0 Å². The molecule has 1 aromatic rings. The number of amides is 3. The van der Waals surface area contributed by atoms with Gasteiger partial charge >= 0.3 is 5.97 Å². The lowest BCUT2D eigenvalue weighted by Gasteiger charge is -2.32. The van der Waals surface area contributed by atoms with Crippen LogP contribution in [0.2, 0.25) is 0 Å². The van der Waals surface area contributed by atoms with Gasteiger partial charge in [0.15, 0.2) is 0 Å². The number of carboxylic acid groups (broad SMARTS) is 1. The van der Waals surface area contributed by atoms with Crippen LogP contribution < -0.4 is 10.6 Å². The lowest BCUT2D eigenvalue weighted by Crippen LogP contribution is -2.44. The highest BCUT2D eigenvalue weighted by molar-refractivity contribution is 5.93. The Bertz CT molecular complexity index is 758. The molecular weight excluding hydrogens is 362 g/mol. The van der Waals surface area contributed by atoms with E-state index in [9.17, 15) is 19.2 Å². The van der Waals surface area contributed by atoms with E-state index in [2.05, 4.69) is 10.6 Å². The Hall–Kier alpha value is -2.90. The molecule has 1 aliphatic carbocycles. The number of piperidine rings is 1. The van der Waals surface area contributed by atoms with Gasteiger partial charge in [0, 0.05) is 24.7 Å². The maximum absolute atomic E-state index is 12.6. The first-order valence-corrected chi connectivity index (χ1v) is 9.59. The minimum absolute atomic E-state index is 0.0718. The van der Waals surface area contributed by atoms with Crippen molar-refractivity contribution in [1.82, 2.24) is 10.2 Å². The summed E-state index contributed by atoms with van der Waals surface area (Å²) in [5.74, 6) is -1.42. The average Bonchev–Trinajstić information content (AvgIpc) is 3.53. The summed E-state index contributed by atoms with van der Waals surface area (Å²) in [4.78, 5) is 48.7. The number of carboxylic acids is 1. The molecule has 2 aliphatic rings. The van der Waals surface area contributed by atoms with E-state index in [4.69, 9.17) is 5.11 Å². The lowest BCUT2D eigenvalue weighted by atomic mass is 9.96. The van der Waals surface area contributed by atoms with Crippen LogP contribution >= 0.6 is 0 Å². The quantitative estimate of drug-likeness (QED) is 0.646. The molecule has 0 radical (unpaired) electrons. The van der Waals surface area contributed by atoms with Gasteiger partial charge in [0.25, 0.3) is 0 Å². The summed E-state index contributed by atoms with van der Waals surface area (Å²) in [6, 6.07) is 6.88. The smallest absolute Gasteiger partial charge is 0.322 e. The monoisotopic (exact) mass is 387 g/mol. The van der Waals surface area contributed by atoms with E-state index >= 15 is 0 Å². The van der Waals surface area contributed by atoms with Gasteiger partial charge in [-0.1, -0.05) is 12.1 Å². The number of aliphatic carboxylic acids is 1. The van der Waals surface area contributed by atoms with Gasteiger partial charge in [0.05, 0.1) is 12.3 Å². The summed E-state index contributed by atoms with van der Waals surface area (Å²) in [5, 5.41) is 13.7. The van der Waals surface area contributed by atoms with Gasteiger partial charge < -0.3 is 20.6 Å². The number of hydrogen-bond donors (Lipinski definition) is 3. The van der Waals surface area contributed by atoms with E-state index in [1.54, 1.807) is 24.3 Å². The molecule has 8 heteroatoms. The summed E-state index contributed by atoms with van der Waals surface area (Å²) in [7, 11) is 0. The molecule has 3 rings (SSSR count). The molecule has 2 fully saturated rings. The van der Waals surface area contributed by atoms with Crippen molar-refractivity contribution in [2.45, 2.75) is 32.1 Å². The summed E-state index contributed by atoms with van der Waals surface area (Å²) in [5.41, 5.74) is 1.35. The van der Waals surface area contributed by atoms with Gasteiger partial charge in [-0.05, 0) is 43.4 Å². The van der Waals surface area contributed by atoms with Crippen LogP contribution in [0, 0.1) is 11.8 Å². The third-order valence-corrected chi connectivity index (χ3v) is 5.05. The van der Waals surface area contributed by atoms with E-state index in [0.29, 0.717) is 12.2 Å². The van der Waals surface area contributed by atoms with E-state index in [1.807, 2.05) is 4.90 Å².